The fourth-order valence-electron chi connectivity index (χ4n) is 4.28. The molecule has 186 valence electrons. The summed E-state index contributed by atoms with van der Waals surface area (Å²) >= 11 is 1.51. The SMILES string of the molecule is CCc1cccc2sc(N(CCCn3ccnc3)C(=O)c3ccc(N4C(=O)CCC4=O)cc3)nc12.Cl. The summed E-state index contributed by atoms with van der Waals surface area (Å²) in [6, 6.07) is 12.8. The van der Waals surface area contributed by atoms with E-state index in [1.165, 1.54) is 16.2 Å². The Morgan fingerprint density at radius 2 is 1.83 bits per heavy atom. The van der Waals surface area contributed by atoms with Gasteiger partial charge in [-0.3, -0.25) is 24.2 Å². The summed E-state index contributed by atoms with van der Waals surface area (Å²) in [4.78, 5) is 49.6. The highest BCUT2D eigenvalue weighted by Gasteiger charge is 2.30. The molecule has 0 bridgehead atoms. The summed E-state index contributed by atoms with van der Waals surface area (Å²) in [7, 11) is 0. The normalized spacial score (nSPS) is 13.3. The van der Waals surface area contributed by atoms with Crippen molar-refractivity contribution in [1.29, 1.82) is 0 Å². The van der Waals surface area contributed by atoms with Crippen molar-refractivity contribution in [2.45, 2.75) is 39.2 Å². The molecule has 3 amide bonds. The summed E-state index contributed by atoms with van der Waals surface area (Å²) in [5, 5.41) is 0.658. The molecule has 0 spiro atoms. The second-order valence-electron chi connectivity index (χ2n) is 8.39. The number of aryl methyl sites for hydroxylation is 2. The number of halogens is 1. The summed E-state index contributed by atoms with van der Waals surface area (Å²) in [5.41, 5.74) is 3.06. The number of anilines is 2. The van der Waals surface area contributed by atoms with Crippen LogP contribution in [-0.2, 0) is 22.6 Å². The first kappa shape index (κ1) is 25.5. The largest absolute Gasteiger partial charge is 0.337 e. The maximum Gasteiger partial charge on any atom is 0.260 e. The number of nitrogens with zero attached hydrogens (tertiary/aromatic N) is 5. The van der Waals surface area contributed by atoms with Crippen molar-refractivity contribution < 1.29 is 14.4 Å². The lowest BCUT2D eigenvalue weighted by Crippen LogP contribution is -2.32. The third-order valence-corrected chi connectivity index (χ3v) is 7.17. The Morgan fingerprint density at radius 1 is 1.08 bits per heavy atom. The molecule has 0 radical (unpaired) electrons. The molecule has 2 aromatic carbocycles. The number of hydrogen-bond donors (Lipinski definition) is 0. The van der Waals surface area contributed by atoms with E-state index in [0.29, 0.717) is 22.9 Å². The van der Waals surface area contributed by atoms with E-state index in [9.17, 15) is 14.4 Å². The zero-order valence-corrected chi connectivity index (χ0v) is 21.4. The van der Waals surface area contributed by atoms with Crippen LogP contribution < -0.4 is 9.80 Å². The molecule has 10 heteroatoms. The Kier molecular flexibility index (Phi) is 7.81. The van der Waals surface area contributed by atoms with Crippen LogP contribution in [0.4, 0.5) is 10.8 Å². The van der Waals surface area contributed by atoms with Gasteiger partial charge in [-0.15, -0.1) is 12.4 Å². The molecule has 0 N–H and O–H groups in total. The minimum atomic E-state index is -0.212. The second-order valence-corrected chi connectivity index (χ2v) is 9.40. The van der Waals surface area contributed by atoms with E-state index in [2.05, 4.69) is 18.0 Å². The molecule has 5 rings (SSSR count). The number of para-hydroxylation sites is 1. The topological polar surface area (TPSA) is 88.4 Å². The quantitative estimate of drug-likeness (QED) is 0.307. The molecule has 1 fully saturated rings. The fraction of sp³-hybridized carbons (Fsp3) is 0.269. The number of rotatable bonds is 8. The standard InChI is InChI=1S/C26H25N5O3S.ClH/c1-2-18-5-3-6-21-24(18)28-26(35-21)30(15-4-14-29-16-13-27-17-29)25(34)19-7-9-20(10-8-19)31-22(32)11-12-23(31)33;/h3,5-10,13,16-17H,2,4,11-12,14-15H2,1H3;1H. The molecule has 1 aliphatic heterocycles. The molecule has 8 nitrogen and oxygen atoms in total. The van der Waals surface area contributed by atoms with E-state index in [1.807, 2.05) is 22.9 Å². The zero-order chi connectivity index (χ0) is 24.4. The molecule has 0 saturated carbocycles. The van der Waals surface area contributed by atoms with Gasteiger partial charge in [0.25, 0.3) is 5.91 Å². The van der Waals surface area contributed by atoms with Crippen molar-refractivity contribution in [2.24, 2.45) is 0 Å². The number of aromatic nitrogens is 3. The predicted octanol–water partition coefficient (Wildman–Crippen LogP) is 4.87. The van der Waals surface area contributed by atoms with Crippen molar-refractivity contribution in [2.75, 3.05) is 16.3 Å². The Morgan fingerprint density at radius 3 is 2.50 bits per heavy atom. The highest BCUT2D eigenvalue weighted by atomic mass is 35.5. The number of benzene rings is 2. The van der Waals surface area contributed by atoms with E-state index in [4.69, 9.17) is 4.98 Å². The molecule has 2 aromatic heterocycles. The van der Waals surface area contributed by atoms with Crippen LogP contribution in [-0.4, -0.2) is 38.8 Å². The molecule has 1 aliphatic rings. The molecule has 4 aromatic rings. The summed E-state index contributed by atoms with van der Waals surface area (Å²) < 4.78 is 3.03. The van der Waals surface area contributed by atoms with Gasteiger partial charge in [0, 0.05) is 43.9 Å². The lowest BCUT2D eigenvalue weighted by atomic mass is 10.1. The summed E-state index contributed by atoms with van der Waals surface area (Å²) in [6.07, 6.45) is 7.44. The maximum absolute atomic E-state index is 13.7. The number of amides is 3. The first-order valence-corrected chi connectivity index (χ1v) is 12.5. The van der Waals surface area contributed by atoms with Crippen LogP contribution >= 0.6 is 23.7 Å². The Bertz CT molecular complexity index is 1370. The number of thiazole rings is 1. The van der Waals surface area contributed by atoms with Crippen molar-refractivity contribution in [3.05, 3.63) is 72.3 Å². The number of carbonyl (C=O) groups is 3. The lowest BCUT2D eigenvalue weighted by Gasteiger charge is -2.21. The summed E-state index contributed by atoms with van der Waals surface area (Å²) in [6.45, 7) is 3.31. The van der Waals surface area contributed by atoms with Crippen LogP contribution in [0.25, 0.3) is 10.2 Å². The molecule has 36 heavy (non-hydrogen) atoms. The zero-order valence-electron chi connectivity index (χ0n) is 19.8. The monoisotopic (exact) mass is 523 g/mol. The van der Waals surface area contributed by atoms with Crippen molar-refractivity contribution in [3.63, 3.8) is 0 Å². The van der Waals surface area contributed by atoms with Crippen molar-refractivity contribution in [3.8, 4) is 0 Å². The number of carbonyl (C=O) groups excluding carboxylic acids is 3. The number of hydrogen-bond acceptors (Lipinski definition) is 6. The van der Waals surface area contributed by atoms with Gasteiger partial charge in [0.15, 0.2) is 5.13 Å². The number of fused-ring (bicyclic) bond motifs is 1. The molecule has 1 saturated heterocycles. The van der Waals surface area contributed by atoms with Crippen LogP contribution in [0.5, 0.6) is 0 Å². The summed E-state index contributed by atoms with van der Waals surface area (Å²) in [5.74, 6) is -0.592. The maximum atomic E-state index is 13.7. The van der Waals surface area contributed by atoms with Crippen LogP contribution in [0.2, 0.25) is 0 Å². The van der Waals surface area contributed by atoms with Crippen LogP contribution in [0.1, 0.15) is 42.1 Å². The van der Waals surface area contributed by atoms with Gasteiger partial charge in [0.05, 0.1) is 22.2 Å². The third-order valence-electron chi connectivity index (χ3n) is 6.13. The fourth-order valence-corrected chi connectivity index (χ4v) is 5.32. The average Bonchev–Trinajstić information content (AvgIpc) is 3.62. The second kappa shape index (κ2) is 11.0. The molecular formula is C26H26ClN5O3S. The first-order chi connectivity index (χ1) is 17.0. The Balaban J connectivity index is 0.00000304. The van der Waals surface area contributed by atoms with Gasteiger partial charge in [-0.25, -0.2) is 9.97 Å². The molecule has 0 aliphatic carbocycles. The average molecular weight is 524 g/mol. The molecule has 0 unspecified atom stereocenters. The van der Waals surface area contributed by atoms with Crippen molar-refractivity contribution >= 4 is 62.5 Å². The van der Waals surface area contributed by atoms with Crippen LogP contribution in [0.3, 0.4) is 0 Å². The van der Waals surface area contributed by atoms with Crippen LogP contribution in [0, 0.1) is 0 Å². The lowest BCUT2D eigenvalue weighted by molar-refractivity contribution is -0.121. The predicted molar refractivity (Wildman–Crippen MR) is 143 cm³/mol. The Labute approximate surface area is 219 Å². The van der Waals surface area contributed by atoms with Crippen molar-refractivity contribution in [1.82, 2.24) is 14.5 Å². The molecule has 0 atom stereocenters. The van der Waals surface area contributed by atoms with E-state index < -0.39 is 0 Å². The van der Waals surface area contributed by atoms with Gasteiger partial charge in [-0.1, -0.05) is 30.4 Å². The number of imide groups is 1. The van der Waals surface area contributed by atoms with Gasteiger partial charge in [0.1, 0.15) is 0 Å². The first-order valence-electron chi connectivity index (χ1n) is 11.7. The smallest absolute Gasteiger partial charge is 0.260 e. The van der Waals surface area contributed by atoms with Gasteiger partial charge in [-0.05, 0) is 48.7 Å². The van der Waals surface area contributed by atoms with Gasteiger partial charge in [0.2, 0.25) is 11.8 Å². The molecular weight excluding hydrogens is 498 g/mol. The minimum absolute atomic E-state index is 0. The minimum Gasteiger partial charge on any atom is -0.337 e. The number of imidazole rings is 1. The Hall–Kier alpha value is -3.56. The van der Waals surface area contributed by atoms with E-state index in [1.54, 1.807) is 41.7 Å². The van der Waals surface area contributed by atoms with Crippen LogP contribution in [0.15, 0.2) is 61.2 Å². The third kappa shape index (κ3) is 5.03. The van der Waals surface area contributed by atoms with E-state index >= 15 is 0 Å². The van der Waals surface area contributed by atoms with Gasteiger partial charge >= 0.3 is 0 Å². The van der Waals surface area contributed by atoms with E-state index in [-0.39, 0.29) is 43.0 Å². The highest BCUT2D eigenvalue weighted by molar-refractivity contribution is 7.22. The molecule has 3 heterocycles. The highest BCUT2D eigenvalue weighted by Crippen LogP contribution is 2.32. The van der Waals surface area contributed by atoms with Gasteiger partial charge < -0.3 is 4.57 Å². The van der Waals surface area contributed by atoms with Gasteiger partial charge in [-0.2, -0.15) is 0 Å². The van der Waals surface area contributed by atoms with E-state index in [0.717, 1.165) is 35.2 Å².